The van der Waals surface area contributed by atoms with Crippen LogP contribution >= 0.6 is 11.3 Å². The summed E-state index contributed by atoms with van der Waals surface area (Å²) in [4.78, 5) is 15.0. The van der Waals surface area contributed by atoms with E-state index in [-0.39, 0.29) is 11.3 Å². The number of allylic oxidation sites excluding steroid dienone is 1. The summed E-state index contributed by atoms with van der Waals surface area (Å²) in [6, 6.07) is 10.8. The Morgan fingerprint density at radius 2 is 2.10 bits per heavy atom. The molecule has 0 radical (unpaired) electrons. The highest BCUT2D eigenvalue weighted by Crippen LogP contribution is 2.38. The van der Waals surface area contributed by atoms with Gasteiger partial charge in [-0.05, 0) is 37.1 Å². The van der Waals surface area contributed by atoms with Crippen LogP contribution in [0.15, 0.2) is 35.7 Å². The zero-order valence-electron chi connectivity index (χ0n) is 16.0. The summed E-state index contributed by atoms with van der Waals surface area (Å²) in [5.41, 5.74) is 4.10. The van der Waals surface area contributed by atoms with E-state index in [0.717, 1.165) is 22.4 Å². The maximum atomic E-state index is 11.2. The zero-order valence-corrected chi connectivity index (χ0v) is 16.8. The Kier molecular flexibility index (Phi) is 5.61. The number of phenols is 1. The van der Waals surface area contributed by atoms with E-state index >= 15 is 0 Å². The third kappa shape index (κ3) is 4.10. The number of thiazole rings is 1. The van der Waals surface area contributed by atoms with Crippen LogP contribution in [0.2, 0.25) is 0 Å². The number of rotatable bonds is 5. The standard InChI is InChI=1S/C21H17N3O4S/c1-12-4-5-16(13(2)6-12)17-11-29-21(23-17)15(10-22)7-14-8-18(24(26)27)20(25)19(9-14)28-3/h4-9,11,25H,1-3H3/b15-7+. The number of nitro benzene ring substituents is 1. The van der Waals surface area contributed by atoms with Gasteiger partial charge in [-0.15, -0.1) is 11.3 Å². The number of aromatic hydroxyl groups is 1. The molecular formula is C21H17N3O4S. The Morgan fingerprint density at radius 1 is 1.34 bits per heavy atom. The molecule has 29 heavy (non-hydrogen) atoms. The third-order valence-electron chi connectivity index (χ3n) is 4.32. The topological polar surface area (TPSA) is 109 Å². The molecular weight excluding hydrogens is 390 g/mol. The molecule has 7 nitrogen and oxygen atoms in total. The van der Waals surface area contributed by atoms with Crippen LogP contribution in [0.4, 0.5) is 5.69 Å². The summed E-state index contributed by atoms with van der Waals surface area (Å²) in [5.74, 6) is -0.600. The number of nitriles is 1. The second kappa shape index (κ2) is 8.12. The number of ether oxygens (including phenoxy) is 1. The molecule has 0 aliphatic heterocycles. The van der Waals surface area contributed by atoms with Gasteiger partial charge >= 0.3 is 5.69 Å². The number of nitro groups is 1. The van der Waals surface area contributed by atoms with Gasteiger partial charge in [0.05, 0.1) is 23.3 Å². The van der Waals surface area contributed by atoms with Crippen molar-refractivity contribution >= 4 is 28.7 Å². The summed E-state index contributed by atoms with van der Waals surface area (Å²) < 4.78 is 5.00. The van der Waals surface area contributed by atoms with Gasteiger partial charge < -0.3 is 9.84 Å². The number of hydrogen-bond donors (Lipinski definition) is 1. The minimum Gasteiger partial charge on any atom is -0.500 e. The van der Waals surface area contributed by atoms with Crippen molar-refractivity contribution in [3.05, 3.63) is 67.5 Å². The van der Waals surface area contributed by atoms with Crippen molar-refractivity contribution < 1.29 is 14.8 Å². The number of benzene rings is 2. The fraction of sp³-hybridized carbons (Fsp3) is 0.143. The monoisotopic (exact) mass is 407 g/mol. The van der Waals surface area contributed by atoms with E-state index in [2.05, 4.69) is 17.1 Å². The summed E-state index contributed by atoms with van der Waals surface area (Å²) >= 11 is 1.32. The average molecular weight is 407 g/mol. The number of aryl methyl sites for hydroxylation is 2. The van der Waals surface area contributed by atoms with Gasteiger partial charge in [-0.3, -0.25) is 10.1 Å². The summed E-state index contributed by atoms with van der Waals surface area (Å²) in [7, 11) is 1.30. The molecule has 3 aromatic rings. The van der Waals surface area contributed by atoms with E-state index in [9.17, 15) is 20.5 Å². The molecule has 1 heterocycles. The highest BCUT2D eigenvalue weighted by Gasteiger charge is 2.20. The van der Waals surface area contributed by atoms with Crippen molar-refractivity contribution in [3.63, 3.8) is 0 Å². The van der Waals surface area contributed by atoms with E-state index in [1.165, 1.54) is 36.7 Å². The highest BCUT2D eigenvalue weighted by atomic mass is 32.1. The normalized spacial score (nSPS) is 11.2. The lowest BCUT2D eigenvalue weighted by Crippen LogP contribution is -1.93. The maximum absolute atomic E-state index is 11.2. The summed E-state index contributed by atoms with van der Waals surface area (Å²) in [6.45, 7) is 4.02. The predicted octanol–water partition coefficient (Wildman–Crippen LogP) is 5.11. The smallest absolute Gasteiger partial charge is 0.315 e. The molecule has 0 aliphatic rings. The Labute approximate surface area is 171 Å². The van der Waals surface area contributed by atoms with Crippen molar-refractivity contribution in [3.8, 4) is 28.8 Å². The fourth-order valence-electron chi connectivity index (χ4n) is 2.92. The van der Waals surface area contributed by atoms with E-state index in [0.29, 0.717) is 10.6 Å². The molecule has 1 N–H and O–H groups in total. The molecule has 0 aliphatic carbocycles. The van der Waals surface area contributed by atoms with Gasteiger partial charge in [0, 0.05) is 17.0 Å². The largest absolute Gasteiger partial charge is 0.500 e. The van der Waals surface area contributed by atoms with Crippen LogP contribution < -0.4 is 4.74 Å². The first-order chi connectivity index (χ1) is 13.8. The number of phenolic OH excluding ortho intramolecular Hbond substituents is 1. The SMILES string of the molecule is COc1cc(/C=C(\C#N)c2nc(-c3ccc(C)cc3C)cs2)cc([N+](=O)[O-])c1O. The van der Waals surface area contributed by atoms with Gasteiger partial charge in [0.25, 0.3) is 0 Å². The average Bonchev–Trinajstić information content (AvgIpc) is 3.16. The van der Waals surface area contributed by atoms with E-state index < -0.39 is 16.4 Å². The Hall–Kier alpha value is -3.70. The first-order valence-electron chi connectivity index (χ1n) is 8.54. The van der Waals surface area contributed by atoms with Gasteiger partial charge in [-0.25, -0.2) is 4.98 Å². The molecule has 0 amide bonds. The molecule has 0 bridgehead atoms. The van der Waals surface area contributed by atoms with Gasteiger partial charge in [0.1, 0.15) is 11.1 Å². The van der Waals surface area contributed by atoms with Crippen molar-refractivity contribution in [1.82, 2.24) is 4.98 Å². The number of hydrogen-bond acceptors (Lipinski definition) is 7. The minimum atomic E-state index is -0.705. The predicted molar refractivity (Wildman–Crippen MR) is 112 cm³/mol. The second-order valence-electron chi connectivity index (χ2n) is 6.37. The lowest BCUT2D eigenvalue weighted by atomic mass is 10.0. The minimum absolute atomic E-state index is 0.0437. The van der Waals surface area contributed by atoms with Crippen molar-refractivity contribution in [2.24, 2.45) is 0 Å². The van der Waals surface area contributed by atoms with Crippen molar-refractivity contribution in [2.75, 3.05) is 7.11 Å². The van der Waals surface area contributed by atoms with E-state index in [4.69, 9.17) is 4.74 Å². The Bertz CT molecular complexity index is 1180. The first-order valence-corrected chi connectivity index (χ1v) is 9.42. The molecule has 8 heteroatoms. The van der Waals surface area contributed by atoms with Crippen LogP contribution in [0.3, 0.4) is 0 Å². The van der Waals surface area contributed by atoms with Crippen molar-refractivity contribution in [1.29, 1.82) is 5.26 Å². The fourth-order valence-corrected chi connectivity index (χ4v) is 3.71. The lowest BCUT2D eigenvalue weighted by molar-refractivity contribution is -0.386. The van der Waals surface area contributed by atoms with E-state index in [1.807, 2.05) is 31.4 Å². The van der Waals surface area contributed by atoms with Gasteiger partial charge in [0.15, 0.2) is 5.75 Å². The molecule has 0 unspecified atom stereocenters. The van der Waals surface area contributed by atoms with Crippen molar-refractivity contribution in [2.45, 2.75) is 13.8 Å². The first kappa shape index (κ1) is 20.0. The third-order valence-corrected chi connectivity index (χ3v) is 5.19. The number of nitrogens with zero attached hydrogens (tertiary/aromatic N) is 3. The second-order valence-corrected chi connectivity index (χ2v) is 7.23. The van der Waals surface area contributed by atoms with Crippen LogP contribution in [0.5, 0.6) is 11.5 Å². The maximum Gasteiger partial charge on any atom is 0.315 e. The van der Waals surface area contributed by atoms with Crippen LogP contribution in [-0.2, 0) is 0 Å². The molecule has 1 aromatic heterocycles. The van der Waals surface area contributed by atoms with Crippen LogP contribution in [0, 0.1) is 35.3 Å². The van der Waals surface area contributed by atoms with E-state index in [1.54, 1.807) is 0 Å². The van der Waals surface area contributed by atoms with Gasteiger partial charge in [-0.1, -0.05) is 23.8 Å². The molecule has 2 aromatic carbocycles. The number of aromatic nitrogens is 1. The lowest BCUT2D eigenvalue weighted by Gasteiger charge is -2.05. The van der Waals surface area contributed by atoms with Gasteiger partial charge in [-0.2, -0.15) is 5.26 Å². The molecule has 0 atom stereocenters. The molecule has 146 valence electrons. The summed E-state index contributed by atoms with van der Waals surface area (Å²) in [5, 5.41) is 33.1. The molecule has 0 spiro atoms. The van der Waals surface area contributed by atoms with Crippen LogP contribution in [0.1, 0.15) is 21.7 Å². The molecule has 0 saturated carbocycles. The van der Waals surface area contributed by atoms with Gasteiger partial charge in [0.2, 0.25) is 5.75 Å². The molecule has 0 saturated heterocycles. The molecule has 0 fully saturated rings. The zero-order chi connectivity index (χ0) is 21.1. The van der Waals surface area contributed by atoms with Crippen LogP contribution in [0.25, 0.3) is 22.9 Å². The summed E-state index contributed by atoms with van der Waals surface area (Å²) in [6.07, 6.45) is 1.49. The van der Waals surface area contributed by atoms with Crippen LogP contribution in [-0.4, -0.2) is 22.1 Å². The Balaban J connectivity index is 2.04. The highest BCUT2D eigenvalue weighted by molar-refractivity contribution is 7.11. The number of methoxy groups -OCH3 is 1. The quantitative estimate of drug-likeness (QED) is 0.357. The molecule has 3 rings (SSSR count). The Morgan fingerprint density at radius 3 is 2.72 bits per heavy atom.